The van der Waals surface area contributed by atoms with E-state index in [1.807, 2.05) is 6.07 Å². The van der Waals surface area contributed by atoms with Crippen LogP contribution in [0.4, 0.5) is 19.1 Å². The lowest BCUT2D eigenvalue weighted by atomic mass is 10.0. The van der Waals surface area contributed by atoms with Gasteiger partial charge in [-0.25, -0.2) is 14.9 Å². The van der Waals surface area contributed by atoms with Crippen LogP contribution in [0.15, 0.2) is 69.1 Å². The van der Waals surface area contributed by atoms with Crippen LogP contribution in [-0.2, 0) is 19.8 Å². The molecule has 0 saturated heterocycles. The van der Waals surface area contributed by atoms with E-state index in [4.69, 9.17) is 5.73 Å². The average molecular weight is 484 g/mol. The van der Waals surface area contributed by atoms with Crippen LogP contribution in [0.2, 0.25) is 0 Å². The fourth-order valence-corrected chi connectivity index (χ4v) is 3.84. The van der Waals surface area contributed by atoms with E-state index >= 15 is 0 Å². The maximum atomic E-state index is 13.3. The Morgan fingerprint density at radius 3 is 2.54 bits per heavy atom. The van der Waals surface area contributed by atoms with Gasteiger partial charge in [-0.1, -0.05) is 30.3 Å². The quantitative estimate of drug-likeness (QED) is 0.376. The molecule has 0 aliphatic rings. The molecular formula is C22H17F3N7O3+. The highest BCUT2D eigenvalue weighted by Gasteiger charge is 2.39. The highest BCUT2D eigenvalue weighted by atomic mass is 19.4. The van der Waals surface area contributed by atoms with Gasteiger partial charge in [-0.15, -0.1) is 9.38 Å². The molecule has 10 nitrogen and oxygen atoms in total. The molecule has 0 saturated carbocycles. The van der Waals surface area contributed by atoms with Gasteiger partial charge in [0.25, 0.3) is 0 Å². The number of halogens is 3. The van der Waals surface area contributed by atoms with Crippen LogP contribution >= 0.6 is 0 Å². The lowest BCUT2D eigenvalue weighted by Crippen LogP contribution is -2.44. The molecule has 3 N–H and O–H groups in total. The molecule has 0 atom stereocenters. The van der Waals surface area contributed by atoms with Crippen molar-refractivity contribution in [1.29, 1.82) is 0 Å². The smallest absolute Gasteiger partial charge is 0.438 e. The third-order valence-electron chi connectivity index (χ3n) is 5.44. The zero-order valence-corrected chi connectivity index (χ0v) is 18.1. The fraction of sp³-hybridized carbons (Fsp3) is 0.136. The van der Waals surface area contributed by atoms with E-state index in [9.17, 15) is 22.8 Å². The fourth-order valence-electron chi connectivity index (χ4n) is 3.84. The number of oxazole rings is 1. The molecule has 0 bridgehead atoms. The molecule has 0 radical (unpaired) electrons. The molecule has 35 heavy (non-hydrogen) atoms. The number of aromatic amines is 1. The number of nitrogens with one attached hydrogen (secondary N) is 1. The summed E-state index contributed by atoms with van der Waals surface area (Å²) in [6.45, 7) is -0.557. The van der Waals surface area contributed by atoms with Crippen molar-refractivity contribution in [1.82, 2.24) is 24.3 Å². The molecule has 0 aliphatic carbocycles. The first-order valence-corrected chi connectivity index (χ1v) is 10.2. The molecule has 0 fully saturated rings. The summed E-state index contributed by atoms with van der Waals surface area (Å²) >= 11 is 0. The van der Waals surface area contributed by atoms with Crippen LogP contribution in [0.1, 0.15) is 11.5 Å². The molecule has 5 rings (SSSR count). The Balaban J connectivity index is 1.79. The summed E-state index contributed by atoms with van der Waals surface area (Å²) in [5, 5.41) is 2.84. The number of nitrogens with two attached hydrogens (primary N) is 1. The number of pyridine rings is 1. The van der Waals surface area contributed by atoms with Crippen molar-refractivity contribution in [2.24, 2.45) is 7.05 Å². The molecule has 0 unspecified atom stereocenters. The predicted molar refractivity (Wildman–Crippen MR) is 117 cm³/mol. The highest BCUT2D eigenvalue weighted by Crippen LogP contribution is 2.33. The summed E-state index contributed by atoms with van der Waals surface area (Å²) in [6.07, 6.45) is -2.55. The van der Waals surface area contributed by atoms with Gasteiger partial charge >= 0.3 is 17.8 Å². The van der Waals surface area contributed by atoms with E-state index in [1.165, 1.54) is 10.6 Å². The van der Waals surface area contributed by atoms with Gasteiger partial charge in [0.2, 0.25) is 17.0 Å². The van der Waals surface area contributed by atoms with Gasteiger partial charge in [0.15, 0.2) is 6.39 Å². The van der Waals surface area contributed by atoms with E-state index in [2.05, 4.69) is 19.5 Å². The third-order valence-corrected chi connectivity index (χ3v) is 5.44. The van der Waals surface area contributed by atoms with Crippen LogP contribution in [0.3, 0.4) is 0 Å². The zero-order valence-electron chi connectivity index (χ0n) is 18.1. The van der Waals surface area contributed by atoms with Crippen LogP contribution in [0, 0.1) is 0 Å². The Morgan fingerprint density at radius 2 is 1.86 bits per heavy atom. The summed E-state index contributed by atoms with van der Waals surface area (Å²) in [5.41, 5.74) is 6.86. The van der Waals surface area contributed by atoms with E-state index in [0.29, 0.717) is 28.8 Å². The number of rotatable bonds is 4. The van der Waals surface area contributed by atoms with Crippen molar-refractivity contribution in [3.8, 4) is 22.4 Å². The Hall–Kier alpha value is -4.68. The van der Waals surface area contributed by atoms with Crippen molar-refractivity contribution in [3.05, 3.63) is 87.3 Å². The van der Waals surface area contributed by atoms with Crippen LogP contribution in [0.5, 0.6) is 0 Å². The highest BCUT2D eigenvalue weighted by molar-refractivity contribution is 5.88. The lowest BCUT2D eigenvalue weighted by Gasteiger charge is -2.09. The van der Waals surface area contributed by atoms with Crippen molar-refractivity contribution >= 4 is 11.6 Å². The SMILES string of the molecule is Cn1cc(-c2c(-c3ccccc3)nc(N)[n+]3c(=O)n(Cc4ncoc4C(F)(F)F)[nH]c23)ccc1=O. The lowest BCUT2D eigenvalue weighted by molar-refractivity contribution is -0.516. The van der Waals surface area contributed by atoms with Gasteiger partial charge in [0, 0.05) is 30.4 Å². The van der Waals surface area contributed by atoms with Crippen molar-refractivity contribution in [2.75, 3.05) is 5.73 Å². The van der Waals surface area contributed by atoms with Gasteiger partial charge in [-0.3, -0.25) is 4.79 Å². The van der Waals surface area contributed by atoms with E-state index < -0.39 is 29.9 Å². The largest absolute Gasteiger partial charge is 0.451 e. The third kappa shape index (κ3) is 3.76. The standard InChI is InChI=1S/C22H16F3N7O3/c1-30-9-13(7-8-15(30)33)16-17(12-5-3-2-4-6-12)28-20(26)32-19(16)29-31(21(32)34)10-14-18(22(23,24)25)35-11-27-14/h2-9,11H,10H2,1H3,(H2,26,28,29)/p+1. The number of aryl methyl sites for hydroxylation is 1. The Kier molecular flexibility index (Phi) is 5.04. The van der Waals surface area contributed by atoms with Gasteiger partial charge in [-0.05, 0) is 6.07 Å². The normalized spacial score (nSPS) is 11.9. The molecule has 4 heterocycles. The summed E-state index contributed by atoms with van der Waals surface area (Å²) in [4.78, 5) is 33.2. The summed E-state index contributed by atoms with van der Waals surface area (Å²) < 4.78 is 47.6. The maximum Gasteiger partial charge on any atom is 0.451 e. The molecule has 1 aromatic carbocycles. The summed E-state index contributed by atoms with van der Waals surface area (Å²) in [7, 11) is 1.57. The van der Waals surface area contributed by atoms with E-state index in [-0.39, 0.29) is 17.2 Å². The first kappa shape index (κ1) is 22.1. The topological polar surface area (TPSA) is 129 Å². The second kappa shape index (κ2) is 7.97. The minimum Gasteiger partial charge on any atom is -0.438 e. The number of fused-ring (bicyclic) bond motifs is 1. The predicted octanol–water partition coefficient (Wildman–Crippen LogP) is 1.98. The van der Waals surface area contributed by atoms with Crippen LogP contribution in [0.25, 0.3) is 28.0 Å². The summed E-state index contributed by atoms with van der Waals surface area (Å²) in [5.74, 6) is -1.48. The molecule has 0 aliphatic heterocycles. The van der Waals surface area contributed by atoms with Crippen molar-refractivity contribution in [3.63, 3.8) is 0 Å². The Bertz CT molecular complexity index is 1680. The Labute approximate surface area is 193 Å². The minimum atomic E-state index is -4.78. The molecular weight excluding hydrogens is 467 g/mol. The first-order valence-electron chi connectivity index (χ1n) is 10.2. The number of H-pyrrole nitrogens is 1. The molecule has 4 aromatic heterocycles. The van der Waals surface area contributed by atoms with Crippen molar-refractivity contribution < 1.29 is 22.0 Å². The second-order valence-corrected chi connectivity index (χ2v) is 7.72. The molecule has 178 valence electrons. The van der Waals surface area contributed by atoms with Gasteiger partial charge in [-0.2, -0.15) is 17.9 Å². The number of anilines is 1. The Morgan fingerprint density at radius 1 is 1.11 bits per heavy atom. The summed E-state index contributed by atoms with van der Waals surface area (Å²) in [6, 6.07) is 11.9. The van der Waals surface area contributed by atoms with Gasteiger partial charge in [0.1, 0.15) is 17.9 Å². The van der Waals surface area contributed by atoms with E-state index in [1.54, 1.807) is 43.6 Å². The van der Waals surface area contributed by atoms with E-state index in [0.717, 1.165) is 9.08 Å². The number of hydrogen-bond acceptors (Lipinski definition) is 6. The maximum absolute atomic E-state index is 13.3. The van der Waals surface area contributed by atoms with Crippen molar-refractivity contribution in [2.45, 2.75) is 12.7 Å². The number of aromatic nitrogens is 6. The van der Waals surface area contributed by atoms with Gasteiger partial charge in [0.05, 0.1) is 5.56 Å². The zero-order chi connectivity index (χ0) is 24.9. The number of nitrogens with zero attached hydrogens (tertiary/aromatic N) is 5. The molecule has 0 spiro atoms. The molecule has 13 heteroatoms. The average Bonchev–Trinajstić information content (AvgIpc) is 3.42. The number of hydrogen-bond donors (Lipinski definition) is 2. The minimum absolute atomic E-state index is 0.177. The molecule has 0 amide bonds. The number of benzene rings is 1. The monoisotopic (exact) mass is 484 g/mol. The first-order chi connectivity index (χ1) is 16.6. The molecule has 5 aromatic rings. The number of nitrogen functional groups attached to an aromatic ring is 1. The van der Waals surface area contributed by atoms with Crippen LogP contribution in [-0.4, -0.2) is 24.3 Å². The van der Waals surface area contributed by atoms with Crippen LogP contribution < -0.4 is 21.4 Å². The van der Waals surface area contributed by atoms with Gasteiger partial charge < -0.3 is 14.7 Å². The second-order valence-electron chi connectivity index (χ2n) is 7.72. The number of alkyl halides is 3.